The minimum absolute atomic E-state index is 0.108. The summed E-state index contributed by atoms with van der Waals surface area (Å²) in [5.74, 6) is 1.02. The zero-order chi connectivity index (χ0) is 17.5. The molecule has 0 saturated carbocycles. The number of rotatable bonds is 8. The smallest absolute Gasteiger partial charge is 0.240 e. The van der Waals surface area contributed by atoms with Crippen LogP contribution in [0, 0.1) is 0 Å². The number of nitrogens with zero attached hydrogens (tertiary/aromatic N) is 2. The summed E-state index contributed by atoms with van der Waals surface area (Å²) in [6.45, 7) is 2.13. The number of amides is 1. The summed E-state index contributed by atoms with van der Waals surface area (Å²) >= 11 is 4.13. The lowest BCUT2D eigenvalue weighted by Crippen LogP contribution is -2.44. The second-order valence-corrected chi connectivity index (χ2v) is 6.30. The lowest BCUT2D eigenvalue weighted by molar-refractivity contribution is -0.133. The predicted molar refractivity (Wildman–Crippen MR) is 101 cm³/mol. The van der Waals surface area contributed by atoms with Gasteiger partial charge in [-0.1, -0.05) is 50.1 Å². The number of nitrogens with two attached hydrogens (primary N) is 1. The Balaban J connectivity index is 2.25. The van der Waals surface area contributed by atoms with Gasteiger partial charge in [-0.05, 0) is 6.42 Å². The predicted octanol–water partition coefficient (Wildman–Crippen LogP) is 3.02. The van der Waals surface area contributed by atoms with Crippen LogP contribution in [0.1, 0.15) is 38.1 Å². The first-order valence-electron chi connectivity index (χ1n) is 8.32. The van der Waals surface area contributed by atoms with Gasteiger partial charge in [-0.25, -0.2) is 4.98 Å². The third-order valence-corrected chi connectivity index (χ3v) is 4.54. The average Bonchev–Trinajstić information content (AvgIpc) is 3.11. The molecule has 2 aromatic rings. The highest BCUT2D eigenvalue weighted by atomic mass is 32.1. The maximum absolute atomic E-state index is 12.4. The standard InChI is InChI=1S/C18H26N4OS/c1-3-4-10-16(22(2)18(23)14(19)12-24)17-20-11-15(21-17)13-8-6-5-7-9-13/h5-9,11,14,16,24H,3-4,10,12,19H2,1-2H3,(H,20,21)/t14-,16-/m0/s1. The van der Waals surface area contributed by atoms with Gasteiger partial charge < -0.3 is 15.6 Å². The fourth-order valence-electron chi connectivity index (χ4n) is 2.67. The lowest BCUT2D eigenvalue weighted by atomic mass is 10.1. The maximum Gasteiger partial charge on any atom is 0.240 e. The number of H-pyrrole nitrogens is 1. The molecule has 2 rings (SSSR count). The quantitative estimate of drug-likeness (QED) is 0.643. The van der Waals surface area contributed by atoms with Crippen molar-refractivity contribution in [2.24, 2.45) is 5.73 Å². The van der Waals surface area contributed by atoms with Crippen LogP contribution >= 0.6 is 12.6 Å². The van der Waals surface area contributed by atoms with Crippen LogP contribution in [-0.2, 0) is 4.79 Å². The van der Waals surface area contributed by atoms with Crippen LogP contribution in [0.2, 0.25) is 0 Å². The summed E-state index contributed by atoms with van der Waals surface area (Å²) in [5.41, 5.74) is 7.79. The second-order valence-electron chi connectivity index (χ2n) is 5.93. The molecule has 5 nitrogen and oxygen atoms in total. The topological polar surface area (TPSA) is 75.0 Å². The maximum atomic E-state index is 12.4. The average molecular weight is 347 g/mol. The van der Waals surface area contributed by atoms with Crippen LogP contribution in [0.25, 0.3) is 11.3 Å². The largest absolute Gasteiger partial charge is 0.346 e. The molecule has 0 bridgehead atoms. The van der Waals surface area contributed by atoms with Crippen molar-refractivity contribution in [1.29, 1.82) is 0 Å². The van der Waals surface area contributed by atoms with E-state index in [0.29, 0.717) is 5.75 Å². The number of hydrogen-bond acceptors (Lipinski definition) is 4. The summed E-state index contributed by atoms with van der Waals surface area (Å²) in [6, 6.07) is 9.29. The fraction of sp³-hybridized carbons (Fsp3) is 0.444. The van der Waals surface area contributed by atoms with Gasteiger partial charge in [-0.3, -0.25) is 4.79 Å². The Morgan fingerprint density at radius 3 is 2.71 bits per heavy atom. The Hall–Kier alpha value is -1.79. The number of aromatic nitrogens is 2. The number of thiol groups is 1. The monoisotopic (exact) mass is 346 g/mol. The molecule has 0 aliphatic heterocycles. The Bertz CT molecular complexity index is 643. The molecular weight excluding hydrogens is 320 g/mol. The fourth-order valence-corrected chi connectivity index (χ4v) is 2.82. The summed E-state index contributed by atoms with van der Waals surface area (Å²) in [4.78, 5) is 22.1. The zero-order valence-corrected chi connectivity index (χ0v) is 15.2. The number of aromatic amines is 1. The van der Waals surface area contributed by atoms with E-state index in [1.807, 2.05) is 36.5 Å². The second kappa shape index (κ2) is 8.89. The van der Waals surface area contributed by atoms with Gasteiger partial charge in [0.05, 0.1) is 17.8 Å². The van der Waals surface area contributed by atoms with E-state index < -0.39 is 6.04 Å². The van der Waals surface area contributed by atoms with Gasteiger partial charge in [-0.2, -0.15) is 12.6 Å². The van der Waals surface area contributed by atoms with E-state index in [0.717, 1.165) is 36.3 Å². The van der Waals surface area contributed by atoms with Crippen LogP contribution in [0.4, 0.5) is 0 Å². The third kappa shape index (κ3) is 4.39. The highest BCUT2D eigenvalue weighted by Crippen LogP contribution is 2.26. The van der Waals surface area contributed by atoms with Crippen molar-refractivity contribution in [2.45, 2.75) is 38.3 Å². The molecule has 0 aliphatic carbocycles. The van der Waals surface area contributed by atoms with Crippen molar-refractivity contribution in [3.63, 3.8) is 0 Å². The first kappa shape index (κ1) is 18.5. The molecule has 1 amide bonds. The number of likely N-dealkylation sites (N-methyl/N-ethyl adjacent to an activating group) is 1. The normalized spacial score (nSPS) is 13.5. The summed E-state index contributed by atoms with van der Waals surface area (Å²) in [6.07, 6.45) is 4.81. The number of hydrogen-bond donors (Lipinski definition) is 3. The van der Waals surface area contributed by atoms with Crippen LogP contribution in [-0.4, -0.2) is 39.6 Å². The molecule has 1 heterocycles. The van der Waals surface area contributed by atoms with Gasteiger partial charge in [0.25, 0.3) is 0 Å². The Kier molecular flexibility index (Phi) is 6.87. The Labute approximate surface area is 149 Å². The van der Waals surface area contributed by atoms with Crippen molar-refractivity contribution < 1.29 is 4.79 Å². The Morgan fingerprint density at radius 1 is 1.38 bits per heavy atom. The van der Waals surface area contributed by atoms with E-state index in [2.05, 4.69) is 24.5 Å². The van der Waals surface area contributed by atoms with Crippen LogP contribution in [0.15, 0.2) is 36.5 Å². The van der Waals surface area contributed by atoms with E-state index in [1.165, 1.54) is 0 Å². The van der Waals surface area contributed by atoms with Gasteiger partial charge >= 0.3 is 0 Å². The van der Waals surface area contributed by atoms with Crippen molar-refractivity contribution in [3.8, 4) is 11.3 Å². The van der Waals surface area contributed by atoms with Gasteiger partial charge in [-0.15, -0.1) is 0 Å². The van der Waals surface area contributed by atoms with Crippen molar-refractivity contribution in [1.82, 2.24) is 14.9 Å². The van der Waals surface area contributed by atoms with E-state index in [-0.39, 0.29) is 11.9 Å². The van der Waals surface area contributed by atoms with Crippen LogP contribution in [0.3, 0.4) is 0 Å². The molecule has 0 saturated heterocycles. The molecule has 0 aliphatic rings. The highest BCUT2D eigenvalue weighted by molar-refractivity contribution is 7.80. The molecule has 6 heteroatoms. The lowest BCUT2D eigenvalue weighted by Gasteiger charge is -2.28. The third-order valence-electron chi connectivity index (χ3n) is 4.14. The number of unbranched alkanes of at least 4 members (excludes halogenated alkanes) is 1. The Morgan fingerprint density at radius 2 is 2.08 bits per heavy atom. The number of carbonyl (C=O) groups is 1. The van der Waals surface area contributed by atoms with E-state index in [4.69, 9.17) is 10.7 Å². The molecule has 24 heavy (non-hydrogen) atoms. The highest BCUT2D eigenvalue weighted by Gasteiger charge is 2.27. The van der Waals surface area contributed by atoms with E-state index in [9.17, 15) is 4.79 Å². The number of nitrogens with one attached hydrogen (secondary N) is 1. The molecule has 0 unspecified atom stereocenters. The minimum Gasteiger partial charge on any atom is -0.346 e. The summed E-state index contributed by atoms with van der Waals surface area (Å²) in [7, 11) is 1.79. The first-order chi connectivity index (χ1) is 11.6. The molecule has 0 radical (unpaired) electrons. The van der Waals surface area contributed by atoms with Gasteiger partial charge in [0.1, 0.15) is 5.82 Å². The van der Waals surface area contributed by atoms with Crippen LogP contribution < -0.4 is 5.73 Å². The van der Waals surface area contributed by atoms with E-state index in [1.54, 1.807) is 11.9 Å². The molecule has 3 N–H and O–H groups in total. The van der Waals surface area contributed by atoms with Gasteiger partial charge in [0, 0.05) is 24.6 Å². The number of imidazole rings is 1. The SMILES string of the molecule is CCCC[C@@H](c1nc(-c2ccccc2)c[nH]1)N(C)C(=O)[C@@H](N)CS. The van der Waals surface area contributed by atoms with Crippen LogP contribution in [0.5, 0.6) is 0 Å². The molecule has 130 valence electrons. The van der Waals surface area contributed by atoms with E-state index >= 15 is 0 Å². The molecule has 0 spiro atoms. The molecule has 0 fully saturated rings. The van der Waals surface area contributed by atoms with Crippen molar-refractivity contribution >= 4 is 18.5 Å². The molecule has 2 atom stereocenters. The zero-order valence-electron chi connectivity index (χ0n) is 14.3. The van der Waals surface area contributed by atoms with Crippen molar-refractivity contribution in [3.05, 3.63) is 42.4 Å². The molecule has 1 aromatic heterocycles. The van der Waals surface area contributed by atoms with Gasteiger partial charge in [0.2, 0.25) is 5.91 Å². The molecule has 1 aromatic carbocycles. The first-order valence-corrected chi connectivity index (χ1v) is 8.95. The summed E-state index contributed by atoms with van der Waals surface area (Å²) < 4.78 is 0. The minimum atomic E-state index is -0.592. The summed E-state index contributed by atoms with van der Waals surface area (Å²) in [5, 5.41) is 0. The van der Waals surface area contributed by atoms with Crippen molar-refractivity contribution in [2.75, 3.05) is 12.8 Å². The van der Waals surface area contributed by atoms with Gasteiger partial charge in [0.15, 0.2) is 0 Å². The number of benzene rings is 1. The number of carbonyl (C=O) groups excluding carboxylic acids is 1. The molecular formula is C18H26N4OS.